The van der Waals surface area contributed by atoms with Gasteiger partial charge in [0.15, 0.2) is 6.61 Å². The molecule has 124 valence electrons. The van der Waals surface area contributed by atoms with Crippen molar-refractivity contribution in [3.8, 4) is 0 Å². The number of amides is 3. The third kappa shape index (κ3) is 7.51. The predicted molar refractivity (Wildman–Crippen MR) is 89.3 cm³/mol. The first-order valence-electron chi connectivity index (χ1n) is 6.96. The number of aryl methyl sites for hydroxylation is 2. The smallest absolute Gasteiger partial charge is 0.321 e. The molecular weight excluding hydrogens is 316 g/mol. The van der Waals surface area contributed by atoms with E-state index in [0.29, 0.717) is 0 Å². The first-order valence-corrected chi connectivity index (χ1v) is 7.95. The predicted octanol–water partition coefficient (Wildman–Crippen LogP) is 1.95. The van der Waals surface area contributed by atoms with Crippen LogP contribution in [0, 0.1) is 13.8 Å². The molecule has 7 heteroatoms. The summed E-state index contributed by atoms with van der Waals surface area (Å²) in [5.41, 5.74) is 2.24. The van der Waals surface area contributed by atoms with Gasteiger partial charge in [-0.25, -0.2) is 4.79 Å². The van der Waals surface area contributed by atoms with Crippen LogP contribution in [0.5, 0.6) is 0 Å². The normalized spacial score (nSPS) is 9.83. The van der Waals surface area contributed by atoms with Crippen LogP contribution in [-0.2, 0) is 14.3 Å². The molecular formula is C16H20N2O4S. The fourth-order valence-electron chi connectivity index (χ4n) is 1.66. The van der Waals surface area contributed by atoms with Crippen LogP contribution in [0.4, 0.5) is 4.79 Å². The molecule has 0 aliphatic heterocycles. The largest absolute Gasteiger partial charge is 0.455 e. The number of carbonyl (C=O) groups excluding carboxylic acids is 3. The number of imide groups is 1. The summed E-state index contributed by atoms with van der Waals surface area (Å²) in [6, 6.07) is 5.29. The first-order chi connectivity index (χ1) is 10.9. The van der Waals surface area contributed by atoms with Crippen LogP contribution in [0.2, 0.25) is 0 Å². The Morgan fingerprint density at radius 3 is 2.70 bits per heavy atom. The van der Waals surface area contributed by atoms with Gasteiger partial charge >= 0.3 is 12.0 Å². The minimum atomic E-state index is -0.684. The molecule has 0 unspecified atom stereocenters. The van der Waals surface area contributed by atoms with Crippen LogP contribution in [-0.4, -0.2) is 36.8 Å². The van der Waals surface area contributed by atoms with Gasteiger partial charge in [0.2, 0.25) is 0 Å². The van der Waals surface area contributed by atoms with Crippen LogP contribution in [0.3, 0.4) is 0 Å². The van der Waals surface area contributed by atoms with Gasteiger partial charge < -0.3 is 10.1 Å². The Balaban J connectivity index is 2.30. The highest BCUT2D eigenvalue weighted by molar-refractivity contribution is 8.00. The number of esters is 1. The summed E-state index contributed by atoms with van der Waals surface area (Å²) < 4.78 is 4.82. The molecule has 0 bridgehead atoms. The van der Waals surface area contributed by atoms with Gasteiger partial charge in [-0.05, 0) is 25.5 Å². The van der Waals surface area contributed by atoms with Gasteiger partial charge in [0.25, 0.3) is 5.91 Å². The lowest BCUT2D eigenvalue weighted by Crippen LogP contribution is -2.41. The maximum Gasteiger partial charge on any atom is 0.321 e. The Morgan fingerprint density at radius 1 is 1.30 bits per heavy atom. The fourth-order valence-corrected chi connectivity index (χ4v) is 2.46. The Bertz CT molecular complexity index is 602. The number of nitrogens with one attached hydrogen (secondary N) is 2. The van der Waals surface area contributed by atoms with Gasteiger partial charge in [-0.3, -0.25) is 14.9 Å². The number of hydrogen-bond donors (Lipinski definition) is 2. The second-order valence-corrected chi connectivity index (χ2v) is 5.78. The summed E-state index contributed by atoms with van der Waals surface area (Å²) in [5.74, 6) is -1.10. The van der Waals surface area contributed by atoms with Gasteiger partial charge in [-0.2, -0.15) is 0 Å². The zero-order valence-corrected chi connectivity index (χ0v) is 14.0. The number of rotatable bonds is 7. The highest BCUT2D eigenvalue weighted by Crippen LogP contribution is 2.23. The van der Waals surface area contributed by atoms with Crippen molar-refractivity contribution in [3.63, 3.8) is 0 Å². The van der Waals surface area contributed by atoms with Crippen molar-refractivity contribution in [2.45, 2.75) is 18.7 Å². The first kappa shape index (κ1) is 18.8. The van der Waals surface area contributed by atoms with E-state index in [1.54, 1.807) is 0 Å². The summed E-state index contributed by atoms with van der Waals surface area (Å²) in [7, 11) is 0. The number of benzene rings is 1. The second-order valence-electron chi connectivity index (χ2n) is 4.77. The van der Waals surface area contributed by atoms with Crippen LogP contribution in [0.25, 0.3) is 0 Å². The van der Waals surface area contributed by atoms with Crippen molar-refractivity contribution in [3.05, 3.63) is 42.0 Å². The molecule has 2 N–H and O–H groups in total. The van der Waals surface area contributed by atoms with E-state index in [4.69, 9.17) is 4.74 Å². The molecule has 6 nitrogen and oxygen atoms in total. The van der Waals surface area contributed by atoms with E-state index in [9.17, 15) is 14.4 Å². The Kier molecular flexibility index (Phi) is 7.90. The summed E-state index contributed by atoms with van der Waals surface area (Å²) in [5, 5.41) is 4.41. The number of urea groups is 1. The third-order valence-corrected chi connectivity index (χ3v) is 3.85. The minimum Gasteiger partial charge on any atom is -0.455 e. The number of ether oxygens (including phenoxy) is 1. The summed E-state index contributed by atoms with van der Waals surface area (Å²) in [4.78, 5) is 35.2. The summed E-state index contributed by atoms with van der Waals surface area (Å²) in [6.45, 7) is 7.15. The van der Waals surface area contributed by atoms with E-state index in [0.717, 1.165) is 16.0 Å². The molecule has 0 spiro atoms. The van der Waals surface area contributed by atoms with Crippen LogP contribution < -0.4 is 10.6 Å². The molecule has 0 radical (unpaired) electrons. The highest BCUT2D eigenvalue weighted by Gasteiger charge is 2.11. The van der Waals surface area contributed by atoms with Crippen molar-refractivity contribution >= 4 is 29.7 Å². The molecule has 0 fully saturated rings. The fraction of sp³-hybridized carbons (Fsp3) is 0.312. The topological polar surface area (TPSA) is 84.5 Å². The maximum absolute atomic E-state index is 11.6. The van der Waals surface area contributed by atoms with Gasteiger partial charge in [0.1, 0.15) is 0 Å². The van der Waals surface area contributed by atoms with E-state index in [1.165, 1.54) is 17.8 Å². The van der Waals surface area contributed by atoms with Crippen molar-refractivity contribution in [1.82, 2.24) is 10.6 Å². The summed E-state index contributed by atoms with van der Waals surface area (Å²) in [6.07, 6.45) is 1.48. The van der Waals surface area contributed by atoms with Gasteiger partial charge in [-0.15, -0.1) is 18.3 Å². The maximum atomic E-state index is 11.6. The van der Waals surface area contributed by atoms with Crippen molar-refractivity contribution < 1.29 is 19.1 Å². The standard InChI is InChI=1S/C16H20N2O4S/c1-4-7-17-16(21)18-14(19)9-22-15(20)10-23-13-6-5-11(2)8-12(13)3/h4-6,8H,1,7,9-10H2,2-3H3,(H2,17,18,19,21). The third-order valence-electron chi connectivity index (χ3n) is 2.70. The van der Waals surface area contributed by atoms with Crippen LogP contribution >= 0.6 is 11.8 Å². The highest BCUT2D eigenvalue weighted by atomic mass is 32.2. The Labute approximate surface area is 139 Å². The number of thioether (sulfide) groups is 1. The molecule has 0 aliphatic carbocycles. The van der Waals surface area contributed by atoms with E-state index >= 15 is 0 Å². The molecule has 0 atom stereocenters. The molecule has 0 heterocycles. The minimum absolute atomic E-state index is 0.0971. The molecule has 1 aromatic rings. The van der Waals surface area contributed by atoms with Crippen molar-refractivity contribution in [2.75, 3.05) is 18.9 Å². The molecule has 23 heavy (non-hydrogen) atoms. The Hall–Kier alpha value is -2.28. The lowest BCUT2D eigenvalue weighted by molar-refractivity contribution is -0.145. The van der Waals surface area contributed by atoms with Gasteiger partial charge in [0.05, 0.1) is 5.75 Å². The molecule has 0 saturated carbocycles. The van der Waals surface area contributed by atoms with Crippen LogP contribution in [0.1, 0.15) is 11.1 Å². The zero-order chi connectivity index (χ0) is 17.2. The SMILES string of the molecule is C=CCNC(=O)NC(=O)COC(=O)CSc1ccc(C)cc1C. The van der Waals surface area contributed by atoms with E-state index < -0.39 is 24.5 Å². The number of carbonyl (C=O) groups is 3. The second kappa shape index (κ2) is 9.68. The molecule has 1 aromatic carbocycles. The van der Waals surface area contributed by atoms with E-state index in [1.807, 2.05) is 37.4 Å². The zero-order valence-electron chi connectivity index (χ0n) is 13.2. The van der Waals surface area contributed by atoms with Gasteiger partial charge in [0, 0.05) is 11.4 Å². The average Bonchev–Trinajstić information content (AvgIpc) is 2.50. The quantitative estimate of drug-likeness (QED) is 0.452. The molecule has 3 amide bonds. The lowest BCUT2D eigenvalue weighted by atomic mass is 10.2. The van der Waals surface area contributed by atoms with Gasteiger partial charge in [-0.1, -0.05) is 23.8 Å². The summed E-state index contributed by atoms with van der Waals surface area (Å²) >= 11 is 1.34. The number of hydrogen-bond acceptors (Lipinski definition) is 5. The van der Waals surface area contributed by atoms with E-state index in [2.05, 4.69) is 11.9 Å². The molecule has 0 aliphatic rings. The Morgan fingerprint density at radius 2 is 2.04 bits per heavy atom. The monoisotopic (exact) mass is 336 g/mol. The average molecular weight is 336 g/mol. The van der Waals surface area contributed by atoms with E-state index in [-0.39, 0.29) is 12.3 Å². The van der Waals surface area contributed by atoms with Crippen molar-refractivity contribution in [1.29, 1.82) is 0 Å². The molecule has 0 aromatic heterocycles. The molecule has 1 rings (SSSR count). The van der Waals surface area contributed by atoms with Crippen molar-refractivity contribution in [2.24, 2.45) is 0 Å². The molecule has 0 saturated heterocycles. The lowest BCUT2D eigenvalue weighted by Gasteiger charge is -2.08. The van der Waals surface area contributed by atoms with Crippen LogP contribution in [0.15, 0.2) is 35.7 Å².